The molecule has 2 aromatic carbocycles. The molecule has 0 aliphatic carbocycles. The Kier molecular flexibility index (Phi) is 7.21. The Balaban J connectivity index is 1.30. The third kappa shape index (κ3) is 6.06. The second-order valence-electron chi connectivity index (χ2n) is 6.27. The van der Waals surface area contributed by atoms with Crippen LogP contribution in [0.3, 0.4) is 0 Å². The first-order valence-electron chi connectivity index (χ1n) is 9.01. The van der Waals surface area contributed by atoms with Crippen LogP contribution in [0.2, 0.25) is 0 Å². The molecular weight excluding hydrogens is 360 g/mol. The molecule has 6 heteroatoms. The molecule has 0 radical (unpaired) electrons. The summed E-state index contributed by atoms with van der Waals surface area (Å²) in [5.41, 5.74) is 1.08. The average Bonchev–Trinajstić information content (AvgIpc) is 3.18. The highest BCUT2D eigenvalue weighted by Crippen LogP contribution is 2.29. The number of fused-ring (bicyclic) bond motifs is 1. The zero-order valence-electron chi connectivity index (χ0n) is 15.1. The first-order valence-corrected chi connectivity index (χ1v) is 9.89. The summed E-state index contributed by atoms with van der Waals surface area (Å²) in [5.74, 6) is 0.773. The van der Waals surface area contributed by atoms with Gasteiger partial charge in [-0.1, -0.05) is 36.4 Å². The smallest absolute Gasteiger partial charge is 0.221 e. The van der Waals surface area contributed by atoms with Crippen molar-refractivity contribution in [2.24, 2.45) is 0 Å². The van der Waals surface area contributed by atoms with Crippen molar-refractivity contribution in [2.45, 2.75) is 19.1 Å². The van der Waals surface area contributed by atoms with Crippen LogP contribution < -0.4 is 15.4 Å². The fraction of sp³-hybridized carbons (Fsp3) is 0.286. The molecule has 5 nitrogen and oxygen atoms in total. The van der Waals surface area contributed by atoms with Gasteiger partial charge in [0.05, 0.1) is 0 Å². The fourth-order valence-corrected chi connectivity index (χ4v) is 3.50. The van der Waals surface area contributed by atoms with E-state index in [1.165, 1.54) is 4.70 Å². The van der Waals surface area contributed by atoms with Gasteiger partial charge in [0.2, 0.25) is 5.91 Å². The highest BCUT2D eigenvalue weighted by Gasteiger charge is 2.08. The van der Waals surface area contributed by atoms with Gasteiger partial charge in [0.1, 0.15) is 18.5 Å². The largest absolute Gasteiger partial charge is 0.490 e. The topological polar surface area (TPSA) is 70.6 Å². The molecule has 0 saturated heterocycles. The van der Waals surface area contributed by atoms with Gasteiger partial charge in [0, 0.05) is 36.1 Å². The van der Waals surface area contributed by atoms with Crippen molar-refractivity contribution < 1.29 is 14.6 Å². The van der Waals surface area contributed by atoms with Gasteiger partial charge in [-0.15, -0.1) is 11.3 Å². The fourth-order valence-electron chi connectivity index (χ4n) is 2.69. The maximum absolute atomic E-state index is 11.8. The lowest BCUT2D eigenvalue weighted by atomic mass is 10.2. The highest BCUT2D eigenvalue weighted by atomic mass is 32.1. The molecule has 1 amide bonds. The number of rotatable bonds is 10. The molecule has 0 aliphatic rings. The van der Waals surface area contributed by atoms with Crippen LogP contribution in [-0.2, 0) is 11.3 Å². The number of thiophene rings is 1. The first kappa shape index (κ1) is 19.4. The molecular formula is C21H24N2O3S. The number of benzene rings is 2. The molecule has 3 aromatic rings. The number of carbonyl (C=O) groups excluding carboxylic acids is 1. The van der Waals surface area contributed by atoms with Crippen molar-refractivity contribution in [3.05, 3.63) is 65.5 Å². The number of hydrogen-bond acceptors (Lipinski definition) is 5. The molecule has 27 heavy (non-hydrogen) atoms. The maximum atomic E-state index is 11.8. The summed E-state index contributed by atoms with van der Waals surface area (Å²) in [7, 11) is 0. The van der Waals surface area contributed by atoms with Crippen molar-refractivity contribution in [1.29, 1.82) is 0 Å². The van der Waals surface area contributed by atoms with E-state index in [2.05, 4.69) is 10.6 Å². The predicted molar refractivity (Wildman–Crippen MR) is 109 cm³/mol. The van der Waals surface area contributed by atoms with Crippen molar-refractivity contribution in [2.75, 3.05) is 19.7 Å². The molecule has 0 saturated carbocycles. The van der Waals surface area contributed by atoms with Gasteiger partial charge in [-0.25, -0.2) is 0 Å². The normalized spacial score (nSPS) is 12.0. The quantitative estimate of drug-likeness (QED) is 0.470. The number of amides is 1. The molecule has 3 N–H and O–H groups in total. The Morgan fingerprint density at radius 2 is 1.96 bits per heavy atom. The van der Waals surface area contributed by atoms with Crippen LogP contribution in [0.1, 0.15) is 12.0 Å². The maximum Gasteiger partial charge on any atom is 0.221 e. The molecule has 3 rings (SSSR count). The molecule has 1 unspecified atom stereocenters. The number of nitrogens with one attached hydrogen (secondary N) is 2. The Hall–Kier alpha value is -2.41. The zero-order valence-corrected chi connectivity index (χ0v) is 15.9. The van der Waals surface area contributed by atoms with Crippen molar-refractivity contribution in [3.63, 3.8) is 0 Å². The van der Waals surface area contributed by atoms with Crippen molar-refractivity contribution in [3.8, 4) is 5.75 Å². The van der Waals surface area contributed by atoms with E-state index in [-0.39, 0.29) is 12.5 Å². The predicted octanol–water partition coefficient (Wildman–Crippen LogP) is 2.94. The van der Waals surface area contributed by atoms with Crippen LogP contribution in [0.25, 0.3) is 10.1 Å². The number of carbonyl (C=O) groups is 1. The van der Waals surface area contributed by atoms with Crippen LogP contribution in [0.15, 0.2) is 60.0 Å². The van der Waals surface area contributed by atoms with E-state index in [0.717, 1.165) is 16.7 Å². The lowest BCUT2D eigenvalue weighted by Crippen LogP contribution is -2.34. The average molecular weight is 385 g/mol. The standard InChI is InChI=1S/C21H24N2O3S/c24-17(15-26-19-7-4-8-20-18(19)10-12-27-20)14-22-11-9-21(25)23-13-16-5-2-1-3-6-16/h1-8,10,12,17,22,24H,9,11,13-15H2,(H,23,25). The second kappa shape index (κ2) is 10.1. The van der Waals surface area contributed by atoms with E-state index in [1.807, 2.05) is 60.0 Å². The van der Waals surface area contributed by atoms with Crippen LogP contribution >= 0.6 is 11.3 Å². The number of aliphatic hydroxyl groups is 1. The molecule has 1 heterocycles. The van der Waals surface area contributed by atoms with Gasteiger partial charge < -0.3 is 20.5 Å². The van der Waals surface area contributed by atoms with Crippen LogP contribution in [-0.4, -0.2) is 36.8 Å². The Labute approximate surface area is 163 Å². The Bertz CT molecular complexity index is 851. The minimum Gasteiger partial charge on any atom is -0.490 e. The van der Waals surface area contributed by atoms with Gasteiger partial charge in [0.15, 0.2) is 0 Å². The summed E-state index contributed by atoms with van der Waals surface area (Å²) in [4.78, 5) is 11.8. The van der Waals surface area contributed by atoms with Gasteiger partial charge >= 0.3 is 0 Å². The highest BCUT2D eigenvalue weighted by molar-refractivity contribution is 7.17. The Morgan fingerprint density at radius 1 is 1.11 bits per heavy atom. The molecule has 1 aromatic heterocycles. The van der Waals surface area contributed by atoms with Gasteiger partial charge in [0.25, 0.3) is 0 Å². The Morgan fingerprint density at radius 3 is 2.81 bits per heavy atom. The van der Waals surface area contributed by atoms with E-state index in [4.69, 9.17) is 4.74 Å². The molecule has 0 bridgehead atoms. The minimum atomic E-state index is -0.633. The number of ether oxygens (including phenoxy) is 1. The van der Waals surface area contributed by atoms with Crippen LogP contribution in [0.4, 0.5) is 0 Å². The van der Waals surface area contributed by atoms with Gasteiger partial charge in [-0.2, -0.15) is 0 Å². The number of hydrogen-bond donors (Lipinski definition) is 3. The van der Waals surface area contributed by atoms with E-state index in [9.17, 15) is 9.90 Å². The molecule has 1 atom stereocenters. The second-order valence-corrected chi connectivity index (χ2v) is 7.22. The van der Waals surface area contributed by atoms with Gasteiger partial charge in [-0.05, 0) is 29.1 Å². The molecule has 0 aliphatic heterocycles. The van der Waals surface area contributed by atoms with E-state index in [0.29, 0.717) is 26.1 Å². The van der Waals surface area contributed by atoms with Crippen LogP contribution in [0.5, 0.6) is 5.75 Å². The zero-order chi connectivity index (χ0) is 18.9. The molecule has 0 spiro atoms. The third-order valence-electron chi connectivity index (χ3n) is 4.13. The minimum absolute atomic E-state index is 0.0128. The third-order valence-corrected chi connectivity index (χ3v) is 5.01. The van der Waals surface area contributed by atoms with E-state index < -0.39 is 6.10 Å². The first-order chi connectivity index (χ1) is 13.2. The number of aliphatic hydroxyl groups excluding tert-OH is 1. The summed E-state index contributed by atoms with van der Waals surface area (Å²) in [6.45, 7) is 1.63. The van der Waals surface area contributed by atoms with E-state index in [1.54, 1.807) is 11.3 Å². The monoisotopic (exact) mass is 384 g/mol. The summed E-state index contributed by atoms with van der Waals surface area (Å²) in [5, 5.41) is 19.1. The van der Waals surface area contributed by atoms with Crippen molar-refractivity contribution in [1.82, 2.24) is 10.6 Å². The summed E-state index contributed by atoms with van der Waals surface area (Å²) >= 11 is 1.67. The molecule has 142 valence electrons. The lowest BCUT2D eigenvalue weighted by molar-refractivity contribution is -0.121. The van der Waals surface area contributed by atoms with Crippen molar-refractivity contribution >= 4 is 27.3 Å². The SMILES string of the molecule is O=C(CCNCC(O)COc1cccc2sccc12)NCc1ccccc1. The summed E-state index contributed by atoms with van der Waals surface area (Å²) in [6.07, 6.45) is -0.263. The molecule has 0 fully saturated rings. The van der Waals surface area contributed by atoms with Gasteiger partial charge in [-0.3, -0.25) is 4.79 Å². The van der Waals surface area contributed by atoms with Crippen LogP contribution in [0, 0.1) is 0 Å². The van der Waals surface area contributed by atoms with E-state index >= 15 is 0 Å². The lowest BCUT2D eigenvalue weighted by Gasteiger charge is -2.14. The summed E-state index contributed by atoms with van der Waals surface area (Å²) < 4.78 is 6.91. The summed E-state index contributed by atoms with van der Waals surface area (Å²) in [6, 6.07) is 17.7.